The molecule has 2 aliphatic rings. The first-order valence-corrected chi connectivity index (χ1v) is 12.7. The summed E-state index contributed by atoms with van der Waals surface area (Å²) in [6.45, 7) is 1.67. The van der Waals surface area contributed by atoms with Gasteiger partial charge in [-0.2, -0.15) is 0 Å². The molecule has 2 N–H and O–H groups in total. The molecule has 1 aromatic heterocycles. The third kappa shape index (κ3) is 4.78. The number of aliphatic hydroxyl groups excluding tert-OH is 1. The Hall–Kier alpha value is -2.42. The molecule has 0 aliphatic carbocycles. The number of alkyl halides is 4. The first-order valence-electron chi connectivity index (χ1n) is 12.7. The quantitative estimate of drug-likeness (QED) is 0.383. The lowest BCUT2D eigenvalue weighted by Crippen LogP contribution is -2.49. The Morgan fingerprint density at radius 1 is 1.11 bits per heavy atom. The number of halogens is 4. The van der Waals surface area contributed by atoms with Crippen molar-refractivity contribution < 1.29 is 22.7 Å². The Balaban J connectivity index is 1.44. The number of hydrogen-bond donors (Lipinski definition) is 2. The van der Waals surface area contributed by atoms with Gasteiger partial charge in [-0.3, -0.25) is 9.29 Å². The molecular formula is C28H33F4N3O. The number of benzene rings is 2. The van der Waals surface area contributed by atoms with Crippen molar-refractivity contribution in [1.29, 1.82) is 0 Å². The molecule has 3 atom stereocenters. The fourth-order valence-electron chi connectivity index (χ4n) is 5.82. The van der Waals surface area contributed by atoms with Crippen LogP contribution >= 0.6 is 0 Å². The summed E-state index contributed by atoms with van der Waals surface area (Å²) in [5, 5.41) is 10.4. The zero-order valence-electron chi connectivity index (χ0n) is 20.4. The molecule has 0 amide bonds. The molecular weight excluding hydrogens is 470 g/mol. The molecule has 194 valence electrons. The van der Waals surface area contributed by atoms with Gasteiger partial charge in [0.25, 0.3) is 5.92 Å². The van der Waals surface area contributed by atoms with E-state index in [0.29, 0.717) is 38.0 Å². The molecule has 4 nitrogen and oxygen atoms in total. The molecule has 2 aliphatic heterocycles. The van der Waals surface area contributed by atoms with E-state index in [-0.39, 0.29) is 18.6 Å². The van der Waals surface area contributed by atoms with Crippen LogP contribution in [0.1, 0.15) is 47.9 Å². The van der Waals surface area contributed by atoms with Crippen molar-refractivity contribution in [3.8, 4) is 0 Å². The minimum atomic E-state index is -3.24. The molecule has 3 heterocycles. The van der Waals surface area contributed by atoms with Gasteiger partial charge in [0.1, 0.15) is 12.8 Å². The number of nitrogens with zero attached hydrogens (tertiary/aromatic N) is 2. The van der Waals surface area contributed by atoms with Crippen LogP contribution in [0.4, 0.5) is 17.6 Å². The molecule has 1 fully saturated rings. The van der Waals surface area contributed by atoms with Crippen LogP contribution in [0.25, 0.3) is 10.9 Å². The number of rotatable bonds is 9. The molecule has 0 saturated carbocycles. The summed E-state index contributed by atoms with van der Waals surface area (Å²) in [5.41, 5.74) is 4.31. The second kappa shape index (κ2) is 10.1. The van der Waals surface area contributed by atoms with Gasteiger partial charge in [0, 0.05) is 48.2 Å². The van der Waals surface area contributed by atoms with Crippen molar-refractivity contribution in [2.75, 3.05) is 39.5 Å². The second-order valence-electron chi connectivity index (χ2n) is 10.3. The maximum atomic E-state index is 15.2. The monoisotopic (exact) mass is 503 g/mol. The summed E-state index contributed by atoms with van der Waals surface area (Å²) in [6, 6.07) is 14.5. The van der Waals surface area contributed by atoms with E-state index in [1.165, 1.54) is 0 Å². The van der Waals surface area contributed by atoms with Crippen molar-refractivity contribution in [1.82, 2.24) is 14.8 Å². The van der Waals surface area contributed by atoms with Crippen LogP contribution < -0.4 is 0 Å². The highest BCUT2D eigenvalue weighted by Crippen LogP contribution is 2.42. The largest absolute Gasteiger partial charge is 0.390 e. The zero-order valence-corrected chi connectivity index (χ0v) is 20.4. The number of aromatic amines is 1. The Labute approximate surface area is 208 Å². The van der Waals surface area contributed by atoms with Crippen LogP contribution in [-0.2, 0) is 6.42 Å². The predicted octanol–water partition coefficient (Wildman–Crippen LogP) is 5.43. The van der Waals surface area contributed by atoms with Crippen molar-refractivity contribution in [2.24, 2.45) is 5.92 Å². The first-order chi connectivity index (χ1) is 17.3. The van der Waals surface area contributed by atoms with Gasteiger partial charge in [0.2, 0.25) is 0 Å². The Morgan fingerprint density at radius 3 is 2.53 bits per heavy atom. The minimum Gasteiger partial charge on any atom is -0.390 e. The third-order valence-corrected chi connectivity index (χ3v) is 7.74. The fourth-order valence-corrected chi connectivity index (χ4v) is 5.82. The predicted molar refractivity (Wildman–Crippen MR) is 133 cm³/mol. The average molecular weight is 504 g/mol. The highest BCUT2D eigenvalue weighted by atomic mass is 19.3. The summed E-state index contributed by atoms with van der Waals surface area (Å²) < 4.78 is 56.4. The second-order valence-corrected chi connectivity index (χ2v) is 10.3. The van der Waals surface area contributed by atoms with E-state index in [0.717, 1.165) is 27.7 Å². The number of nitrogens with one attached hydrogen (secondary N) is 1. The first kappa shape index (κ1) is 25.2. The third-order valence-electron chi connectivity index (χ3n) is 7.74. The number of aromatic nitrogens is 1. The molecule has 0 spiro atoms. The number of likely N-dealkylation sites (tertiary alicyclic amines) is 1. The molecule has 3 aromatic rings. The molecule has 1 saturated heterocycles. The van der Waals surface area contributed by atoms with E-state index in [9.17, 15) is 18.3 Å². The minimum absolute atomic E-state index is 0.120. The van der Waals surface area contributed by atoms with E-state index >= 15 is 4.39 Å². The number of aliphatic hydroxyl groups is 1. The Kier molecular flexibility index (Phi) is 7.12. The smallest absolute Gasteiger partial charge is 0.283 e. The number of H-pyrrole nitrogens is 1. The Bertz CT molecular complexity index is 1180. The SMILES string of the molecule is C[C@@H]1Cc2c([nH]c3ccccc23)[C@@H](c2ccc([C@@H](F)C3CN(CCCF)C3)cc2)N1CC(F)(F)CO. The standard InChI is InChI=1S/C28H33F4N3O/c1-18-13-23-22-5-2-3-6-24(22)33-26(23)27(35(18)16-28(31,32)17-36)20-9-7-19(8-10-20)25(30)21-14-34(15-21)12-4-11-29/h2-3,5-10,18,21,25,27,33,36H,4,11-17H2,1H3/t18-,25-,27-/m1/s1. The van der Waals surface area contributed by atoms with Crippen molar-refractivity contribution in [2.45, 2.75) is 43.9 Å². The molecule has 0 bridgehead atoms. The summed E-state index contributed by atoms with van der Waals surface area (Å²) in [6.07, 6.45) is -0.0353. The van der Waals surface area contributed by atoms with Crippen LogP contribution in [0, 0.1) is 5.92 Å². The topological polar surface area (TPSA) is 42.5 Å². The van der Waals surface area contributed by atoms with E-state index in [1.807, 2.05) is 43.3 Å². The maximum absolute atomic E-state index is 15.2. The van der Waals surface area contributed by atoms with E-state index in [2.05, 4.69) is 9.88 Å². The lowest BCUT2D eigenvalue weighted by atomic mass is 9.86. The number of hydrogen-bond acceptors (Lipinski definition) is 3. The highest BCUT2D eigenvalue weighted by Gasteiger charge is 2.42. The molecule has 0 unspecified atom stereocenters. The van der Waals surface area contributed by atoms with Crippen LogP contribution in [0.3, 0.4) is 0 Å². The van der Waals surface area contributed by atoms with Crippen LogP contribution in [0.2, 0.25) is 0 Å². The normalized spacial score (nSPS) is 22.5. The highest BCUT2D eigenvalue weighted by molar-refractivity contribution is 5.85. The zero-order chi connectivity index (χ0) is 25.4. The molecule has 8 heteroatoms. The van der Waals surface area contributed by atoms with Gasteiger partial charge < -0.3 is 15.0 Å². The van der Waals surface area contributed by atoms with E-state index in [4.69, 9.17) is 0 Å². The summed E-state index contributed by atoms with van der Waals surface area (Å²) in [7, 11) is 0. The van der Waals surface area contributed by atoms with Gasteiger partial charge >= 0.3 is 0 Å². The van der Waals surface area contributed by atoms with Crippen LogP contribution in [-0.4, -0.2) is 71.3 Å². The Morgan fingerprint density at radius 2 is 1.83 bits per heavy atom. The molecule has 0 radical (unpaired) electrons. The average Bonchev–Trinajstić information content (AvgIpc) is 3.21. The van der Waals surface area contributed by atoms with Gasteiger partial charge in [0.05, 0.1) is 19.3 Å². The summed E-state index contributed by atoms with van der Waals surface area (Å²) in [5.74, 6) is -3.36. The van der Waals surface area contributed by atoms with Gasteiger partial charge in [0.15, 0.2) is 0 Å². The number of fused-ring (bicyclic) bond motifs is 3. The maximum Gasteiger partial charge on any atom is 0.283 e. The number of para-hydroxylation sites is 1. The van der Waals surface area contributed by atoms with E-state index in [1.54, 1.807) is 17.0 Å². The summed E-state index contributed by atoms with van der Waals surface area (Å²) >= 11 is 0. The van der Waals surface area contributed by atoms with Crippen LogP contribution in [0.5, 0.6) is 0 Å². The van der Waals surface area contributed by atoms with Gasteiger partial charge in [-0.25, -0.2) is 13.2 Å². The van der Waals surface area contributed by atoms with Gasteiger partial charge in [-0.1, -0.05) is 42.5 Å². The fraction of sp³-hybridized carbons (Fsp3) is 0.500. The lowest BCUT2D eigenvalue weighted by molar-refractivity contribution is -0.0864. The molecule has 2 aromatic carbocycles. The molecule has 5 rings (SSSR count). The summed E-state index contributed by atoms with van der Waals surface area (Å²) in [4.78, 5) is 7.26. The molecule has 36 heavy (non-hydrogen) atoms. The van der Waals surface area contributed by atoms with Gasteiger partial charge in [-0.05, 0) is 42.5 Å². The van der Waals surface area contributed by atoms with Crippen LogP contribution in [0.15, 0.2) is 48.5 Å². The van der Waals surface area contributed by atoms with Crippen molar-refractivity contribution >= 4 is 10.9 Å². The lowest BCUT2D eigenvalue weighted by Gasteiger charge is -2.42. The van der Waals surface area contributed by atoms with Gasteiger partial charge in [-0.15, -0.1) is 0 Å². The van der Waals surface area contributed by atoms with Crippen molar-refractivity contribution in [3.05, 3.63) is 70.9 Å². The van der Waals surface area contributed by atoms with Crippen molar-refractivity contribution in [3.63, 3.8) is 0 Å². The van der Waals surface area contributed by atoms with E-state index < -0.39 is 31.3 Å².